The van der Waals surface area contributed by atoms with Crippen LogP contribution in [-0.4, -0.2) is 35.0 Å². The Morgan fingerprint density at radius 1 is 0.250 bits per heavy atom. The molecule has 3 heterocycles. The predicted octanol–water partition coefficient (Wildman–Crippen LogP) is 16.2. The summed E-state index contributed by atoms with van der Waals surface area (Å²) in [4.78, 5) is 0. The lowest BCUT2D eigenvalue weighted by Crippen LogP contribution is -2.03. The van der Waals surface area contributed by atoms with E-state index in [0.29, 0.717) is 0 Å². The highest BCUT2D eigenvalue weighted by atomic mass is 16.5. The fourth-order valence-corrected chi connectivity index (χ4v) is 10.5. The van der Waals surface area contributed by atoms with Gasteiger partial charge in [0.05, 0.1) is 71.5 Å². The van der Waals surface area contributed by atoms with Gasteiger partial charge in [0.15, 0.2) is 0 Å². The van der Waals surface area contributed by atoms with E-state index in [0.717, 1.165) is 118 Å². The molecule has 13 aromatic rings. The third-order valence-electron chi connectivity index (χ3n) is 13.8. The maximum atomic E-state index is 5.47. The van der Waals surface area contributed by atoms with Gasteiger partial charge in [-0.3, -0.25) is 0 Å². The van der Waals surface area contributed by atoms with Crippen molar-refractivity contribution in [1.82, 2.24) is 13.7 Å². The molecule has 10 aromatic carbocycles. The number of nitrogens with one attached hydrogen (secondary N) is 3. The number of methoxy groups -OCH3 is 3. The average Bonchev–Trinajstić information content (AvgIpc) is 4.06. The molecule has 9 heteroatoms. The first kappa shape index (κ1) is 42.5. The zero-order valence-electron chi connectivity index (χ0n) is 39.9. The van der Waals surface area contributed by atoms with E-state index < -0.39 is 0 Å². The number of ether oxygens (including phenoxy) is 3. The fraction of sp³-hybridized carbons (Fsp3) is 0.0476. The number of rotatable bonds is 12. The van der Waals surface area contributed by atoms with E-state index in [-0.39, 0.29) is 0 Å². The lowest BCUT2D eigenvalue weighted by molar-refractivity contribution is 0.415. The summed E-state index contributed by atoms with van der Waals surface area (Å²) in [6.07, 6.45) is 0. The summed E-state index contributed by atoms with van der Waals surface area (Å²) < 4.78 is 23.7. The second-order valence-electron chi connectivity index (χ2n) is 18.0. The van der Waals surface area contributed by atoms with E-state index in [2.05, 4.69) is 175 Å². The van der Waals surface area contributed by atoms with Gasteiger partial charge in [0, 0.05) is 66.4 Å². The van der Waals surface area contributed by atoms with Crippen molar-refractivity contribution in [3.63, 3.8) is 0 Å². The van der Waals surface area contributed by atoms with Crippen molar-refractivity contribution in [1.29, 1.82) is 0 Å². The number of nitrogens with zero attached hydrogens (tertiary/aromatic N) is 3. The molecule has 0 amide bonds. The van der Waals surface area contributed by atoms with Crippen LogP contribution in [-0.2, 0) is 0 Å². The molecule has 3 aromatic heterocycles. The summed E-state index contributed by atoms with van der Waals surface area (Å²) in [5, 5.41) is 18.0. The van der Waals surface area contributed by atoms with Crippen molar-refractivity contribution in [3.8, 4) is 34.3 Å². The first-order valence-electron chi connectivity index (χ1n) is 24.0. The summed E-state index contributed by atoms with van der Waals surface area (Å²) in [6.45, 7) is 0. The van der Waals surface area contributed by atoms with Crippen LogP contribution in [0.5, 0.6) is 17.2 Å². The minimum absolute atomic E-state index is 0.813. The number of fused-ring (bicyclic) bond motifs is 9. The van der Waals surface area contributed by atoms with Gasteiger partial charge < -0.3 is 43.9 Å². The quantitative estimate of drug-likeness (QED) is 0.113. The summed E-state index contributed by atoms with van der Waals surface area (Å²) >= 11 is 0. The van der Waals surface area contributed by atoms with Gasteiger partial charge in [-0.05, 0) is 146 Å². The molecule has 0 atom stereocenters. The van der Waals surface area contributed by atoms with Gasteiger partial charge in [-0.1, -0.05) is 72.8 Å². The second-order valence-corrected chi connectivity index (χ2v) is 18.0. The Morgan fingerprint density at radius 3 is 0.778 bits per heavy atom. The molecule has 0 unspecified atom stereocenters. The SMILES string of the molecule is COc1ccc(Nc2ccc3c4ccccc4n(-c4cc(-n5c6ccccc6c6ccc(Nc7ccc(OC)cc7)cc65)cc(-n5c6ccccc6c6ccc(Nc7ccc(OC)cc7)cc65)c4)c3c2)cc1. The molecule has 0 aliphatic rings. The molecule has 348 valence electrons. The van der Waals surface area contributed by atoms with E-state index in [1.807, 2.05) is 72.8 Å². The highest BCUT2D eigenvalue weighted by molar-refractivity contribution is 6.13. The van der Waals surface area contributed by atoms with E-state index in [9.17, 15) is 0 Å². The molecule has 9 nitrogen and oxygen atoms in total. The zero-order valence-corrected chi connectivity index (χ0v) is 39.9. The molecule has 72 heavy (non-hydrogen) atoms. The summed E-state index contributed by atoms with van der Waals surface area (Å²) in [6, 6.07) is 77.3. The molecular weight excluding hydrogens is 889 g/mol. The molecular formula is C63H48N6O3. The highest BCUT2D eigenvalue weighted by Crippen LogP contribution is 2.41. The van der Waals surface area contributed by atoms with E-state index in [1.165, 1.54) is 16.2 Å². The Bertz CT molecular complexity index is 3750. The molecule has 0 spiro atoms. The Morgan fingerprint density at radius 2 is 0.500 bits per heavy atom. The normalized spacial score (nSPS) is 11.5. The monoisotopic (exact) mass is 936 g/mol. The van der Waals surface area contributed by atoms with Gasteiger partial charge >= 0.3 is 0 Å². The van der Waals surface area contributed by atoms with Crippen LogP contribution >= 0.6 is 0 Å². The summed E-state index contributed by atoms with van der Waals surface area (Å²) in [7, 11) is 5.07. The van der Waals surface area contributed by atoms with Gasteiger partial charge in [-0.25, -0.2) is 0 Å². The van der Waals surface area contributed by atoms with Gasteiger partial charge in [0.1, 0.15) is 17.2 Å². The van der Waals surface area contributed by atoms with Gasteiger partial charge in [0.25, 0.3) is 0 Å². The number of aromatic nitrogens is 3. The van der Waals surface area contributed by atoms with Gasteiger partial charge in [0.2, 0.25) is 0 Å². The van der Waals surface area contributed by atoms with E-state index in [4.69, 9.17) is 14.2 Å². The van der Waals surface area contributed by atoms with Crippen molar-refractivity contribution in [3.05, 3.63) is 218 Å². The Balaban J connectivity index is 1.07. The molecule has 0 radical (unpaired) electrons. The standard InChI is InChI=1S/C63H48N6O3/c1-70-49-25-16-40(17-26-49)64-43-22-31-55-52-10-4-7-13-58(52)67(61(55)34-43)46-37-47(68-59-14-8-5-11-53(59)56-32-23-44(35-62(56)68)65-41-18-27-50(71-2)28-19-41)39-48(38-46)69-60-15-9-6-12-54(60)57-33-24-45(36-63(57)69)66-42-20-29-51(72-3)30-21-42/h4-39,64-66H,1-3H3. The van der Waals surface area contributed by atoms with Crippen LogP contribution in [0.15, 0.2) is 218 Å². The first-order valence-corrected chi connectivity index (χ1v) is 24.0. The van der Waals surface area contributed by atoms with Gasteiger partial charge in [-0.2, -0.15) is 0 Å². The van der Waals surface area contributed by atoms with E-state index in [1.54, 1.807) is 21.3 Å². The van der Waals surface area contributed by atoms with Crippen molar-refractivity contribution < 1.29 is 14.2 Å². The number of hydrogen-bond acceptors (Lipinski definition) is 6. The van der Waals surface area contributed by atoms with Gasteiger partial charge in [-0.15, -0.1) is 0 Å². The summed E-state index contributed by atoms with van der Waals surface area (Å²) in [5.41, 5.74) is 15.5. The fourth-order valence-electron chi connectivity index (χ4n) is 10.5. The highest BCUT2D eigenvalue weighted by Gasteiger charge is 2.21. The number of benzene rings is 10. The number of para-hydroxylation sites is 3. The Labute approximate surface area is 415 Å². The smallest absolute Gasteiger partial charge is 0.119 e. The number of hydrogen-bond donors (Lipinski definition) is 3. The van der Waals surface area contributed by atoms with Crippen LogP contribution in [0.1, 0.15) is 0 Å². The van der Waals surface area contributed by atoms with Crippen molar-refractivity contribution in [2.45, 2.75) is 0 Å². The maximum Gasteiger partial charge on any atom is 0.119 e. The average molecular weight is 937 g/mol. The Hall–Kier alpha value is -9.60. The molecule has 0 aliphatic carbocycles. The lowest BCUT2D eigenvalue weighted by Gasteiger charge is -2.18. The molecule has 0 fully saturated rings. The van der Waals surface area contributed by atoms with E-state index >= 15 is 0 Å². The minimum atomic E-state index is 0.813. The lowest BCUT2D eigenvalue weighted by atomic mass is 10.1. The van der Waals surface area contributed by atoms with Crippen LogP contribution in [0.2, 0.25) is 0 Å². The third-order valence-corrected chi connectivity index (χ3v) is 13.8. The van der Waals surface area contributed by atoms with Crippen molar-refractivity contribution >= 4 is 99.5 Å². The zero-order chi connectivity index (χ0) is 48.3. The third kappa shape index (κ3) is 7.34. The Kier molecular flexibility index (Phi) is 10.3. The topological polar surface area (TPSA) is 78.6 Å². The molecule has 13 rings (SSSR count). The van der Waals surface area contributed by atoms with Crippen LogP contribution in [0.4, 0.5) is 34.1 Å². The molecule has 0 saturated heterocycles. The summed E-state index contributed by atoms with van der Waals surface area (Å²) in [5.74, 6) is 2.44. The van der Waals surface area contributed by atoms with Crippen molar-refractivity contribution in [2.75, 3.05) is 37.3 Å². The largest absolute Gasteiger partial charge is 0.497 e. The number of anilines is 6. The second kappa shape index (κ2) is 17.4. The first-order chi connectivity index (χ1) is 35.5. The molecule has 0 bridgehead atoms. The minimum Gasteiger partial charge on any atom is -0.497 e. The van der Waals surface area contributed by atoms with Crippen LogP contribution in [0.3, 0.4) is 0 Å². The van der Waals surface area contributed by atoms with Crippen molar-refractivity contribution in [2.24, 2.45) is 0 Å². The molecule has 3 N–H and O–H groups in total. The van der Waals surface area contributed by atoms with Crippen LogP contribution in [0.25, 0.3) is 82.5 Å². The maximum absolute atomic E-state index is 5.47. The predicted molar refractivity (Wildman–Crippen MR) is 298 cm³/mol. The molecule has 0 aliphatic heterocycles. The van der Waals surface area contributed by atoms with Crippen LogP contribution < -0.4 is 30.2 Å². The van der Waals surface area contributed by atoms with Crippen LogP contribution in [0, 0.1) is 0 Å². The molecule has 0 saturated carbocycles.